The Hall–Kier alpha value is -13.0. The summed E-state index contributed by atoms with van der Waals surface area (Å²) in [5.41, 5.74) is 28.5. The molecule has 106 heavy (non-hydrogen) atoms. The maximum absolute atomic E-state index is 12.9. The monoisotopic (exact) mass is 1390 g/mol. The fourth-order valence-electron chi connectivity index (χ4n) is 10.9. The summed E-state index contributed by atoms with van der Waals surface area (Å²) in [5.74, 6) is -0.385. The number of hydrogen-bond donors (Lipinski definition) is 0. The van der Waals surface area contributed by atoms with Crippen LogP contribution in [-0.2, 0) is 0 Å². The number of nitrogens with zero attached hydrogens (tertiary/aromatic N) is 6. The molecule has 0 radical (unpaired) electrons. The predicted molar refractivity (Wildman–Crippen MR) is 440 cm³/mol. The zero-order chi connectivity index (χ0) is 74.5. The molecule has 0 aliphatic carbocycles. The normalized spacial score (nSPS) is 9.98. The Morgan fingerprint density at radius 3 is 0.972 bits per heavy atom. The summed E-state index contributed by atoms with van der Waals surface area (Å²) in [6.07, 6.45) is 18.3. The maximum atomic E-state index is 12.9. The fraction of sp³-hybridized carbons (Fsp3) is 0.0816. The van der Waals surface area contributed by atoms with Crippen LogP contribution in [0.3, 0.4) is 0 Å². The summed E-state index contributed by atoms with van der Waals surface area (Å²) in [5, 5.41) is 0. The maximum Gasteiger partial charge on any atom is 0.123 e. The average Bonchev–Trinajstić information content (AvgIpc) is 0.841. The van der Waals surface area contributed by atoms with Crippen LogP contribution < -0.4 is 0 Å². The molecule has 6 nitrogen and oxygen atoms in total. The summed E-state index contributed by atoms with van der Waals surface area (Å²) in [4.78, 5) is 24.7. The number of aryl methyl sites for hydroxylation is 8. The smallest absolute Gasteiger partial charge is 0.123 e. The van der Waals surface area contributed by atoms with Gasteiger partial charge < -0.3 is 0 Å². The molecule has 0 amide bonds. The van der Waals surface area contributed by atoms with Crippen molar-refractivity contribution in [3.05, 3.63) is 446 Å². The van der Waals surface area contributed by atoms with Gasteiger partial charge in [0.15, 0.2) is 0 Å². The minimum absolute atomic E-state index is 0.192. The first-order valence-electron chi connectivity index (χ1n) is 35.2. The molecule has 10 aromatic carbocycles. The van der Waals surface area contributed by atoms with Crippen LogP contribution in [0.2, 0.25) is 0 Å². The van der Waals surface area contributed by atoms with E-state index in [1.165, 1.54) is 118 Å². The Balaban J connectivity index is 0.000000140. The molecule has 0 bridgehead atoms. The highest BCUT2D eigenvalue weighted by Gasteiger charge is 2.04. The third-order valence-corrected chi connectivity index (χ3v) is 16.8. The quantitative estimate of drug-likeness (QED) is 0.151. The van der Waals surface area contributed by atoms with E-state index in [1.54, 1.807) is 42.9 Å². The van der Waals surface area contributed by atoms with Crippen molar-refractivity contribution in [2.24, 2.45) is 0 Å². The van der Waals surface area contributed by atoms with Crippen molar-refractivity contribution in [2.45, 2.75) is 55.4 Å². The average molecular weight is 1390 g/mol. The van der Waals surface area contributed by atoms with Gasteiger partial charge in [-0.05, 0) is 218 Å². The fourth-order valence-corrected chi connectivity index (χ4v) is 10.9. The number of rotatable bonds is 8. The Morgan fingerprint density at radius 1 is 0.198 bits per heavy atom. The second-order valence-electron chi connectivity index (χ2n) is 25.2. The SMILES string of the molecule is Cc1ccc(-c2ccc(F)cc2)cc1.Cc1ccc(-c2cccc(F)c2)cc1.Cc1ccc(-c2cccnc2)cc1.Cc1ccc(-c2cccnc2)cc1.Cc1cccc(-c2ccccc2)n1.Cc1cccc(-c2ccncc2)c1.Cc1ccccc1-c1cccnc1.Cc1ccccc1-c1ccncc1. The largest absolute Gasteiger partial charge is 0.265 e. The van der Waals surface area contributed by atoms with Gasteiger partial charge in [-0.15, -0.1) is 0 Å². The van der Waals surface area contributed by atoms with Gasteiger partial charge >= 0.3 is 0 Å². The number of hydrogen-bond acceptors (Lipinski definition) is 6. The molecule has 6 aromatic heterocycles. The highest BCUT2D eigenvalue weighted by atomic mass is 19.1. The highest BCUT2D eigenvalue weighted by molar-refractivity contribution is 5.69. The number of benzene rings is 10. The lowest BCUT2D eigenvalue weighted by Crippen LogP contribution is -1.84. The second kappa shape index (κ2) is 41.8. The summed E-state index contributed by atoms with van der Waals surface area (Å²) in [7, 11) is 0. The topological polar surface area (TPSA) is 77.3 Å². The van der Waals surface area contributed by atoms with Crippen LogP contribution in [0.15, 0.2) is 390 Å². The van der Waals surface area contributed by atoms with Crippen molar-refractivity contribution < 1.29 is 8.78 Å². The van der Waals surface area contributed by atoms with Crippen molar-refractivity contribution in [3.63, 3.8) is 0 Å². The van der Waals surface area contributed by atoms with Crippen LogP contribution in [0.4, 0.5) is 8.78 Å². The molecule has 0 aliphatic heterocycles. The van der Waals surface area contributed by atoms with Gasteiger partial charge in [0.05, 0.1) is 5.69 Å². The summed E-state index contributed by atoms with van der Waals surface area (Å²) >= 11 is 0. The molecule has 8 heteroatoms. The Labute approximate surface area is 625 Å². The van der Waals surface area contributed by atoms with Gasteiger partial charge in [0.1, 0.15) is 11.6 Å². The standard InChI is InChI=1S/2C13H11F.6C12H11N/c1-10-2-4-11(5-3-10)12-6-8-13(14)9-7-12;1-10-5-7-11(8-6-10)12-3-2-4-13(14)9-12;2*1-10-4-6-11(7-5-10)12-3-2-8-13-9-12;1-10-5-2-3-7-12(10)11-6-4-8-13-9-11;1-10-3-2-4-12(9-10)11-5-7-13-8-6-11;1-10-6-5-9-12(13-10)11-7-3-2-4-8-11;1-10-4-2-3-5-12(10)11-6-8-13-9-7-11/h2*2-9H,1H3;6*2-9H,1H3. The van der Waals surface area contributed by atoms with Gasteiger partial charge in [0.25, 0.3) is 0 Å². The van der Waals surface area contributed by atoms with Crippen LogP contribution in [-0.4, -0.2) is 29.9 Å². The molecule has 0 unspecified atom stereocenters. The molecule has 6 heterocycles. The molecular weight excluding hydrogens is 1300 g/mol. The first kappa shape index (κ1) is 77.1. The lowest BCUT2D eigenvalue weighted by molar-refractivity contribution is 0.627. The zero-order valence-electron chi connectivity index (χ0n) is 61.4. The molecule has 0 atom stereocenters. The molecule has 0 spiro atoms. The minimum Gasteiger partial charge on any atom is -0.265 e. The van der Waals surface area contributed by atoms with E-state index in [9.17, 15) is 8.78 Å². The number of pyridine rings is 6. The molecule has 0 fully saturated rings. The molecule has 0 N–H and O–H groups in total. The molecule has 0 aliphatic rings. The van der Waals surface area contributed by atoms with Gasteiger partial charge in [0.2, 0.25) is 0 Å². The summed E-state index contributed by atoms with van der Waals surface area (Å²) in [6, 6.07) is 108. The predicted octanol–water partition coefficient (Wildman–Crippen LogP) is 25.9. The molecule has 524 valence electrons. The molecular formula is C98H88F2N6. The van der Waals surface area contributed by atoms with Gasteiger partial charge in [-0.3, -0.25) is 29.9 Å². The lowest BCUT2D eigenvalue weighted by atomic mass is 10.0. The van der Waals surface area contributed by atoms with Crippen LogP contribution in [0.25, 0.3) is 89.1 Å². The van der Waals surface area contributed by atoms with Crippen molar-refractivity contribution in [2.75, 3.05) is 0 Å². The Kier molecular flexibility index (Phi) is 30.4. The van der Waals surface area contributed by atoms with Crippen molar-refractivity contribution >= 4 is 0 Å². The van der Waals surface area contributed by atoms with Crippen LogP contribution >= 0.6 is 0 Å². The van der Waals surface area contributed by atoms with Crippen LogP contribution in [0, 0.1) is 67.0 Å². The van der Waals surface area contributed by atoms with Crippen molar-refractivity contribution in [1.82, 2.24) is 29.9 Å². The van der Waals surface area contributed by atoms with E-state index >= 15 is 0 Å². The van der Waals surface area contributed by atoms with Gasteiger partial charge in [-0.2, -0.15) is 0 Å². The lowest BCUT2D eigenvalue weighted by Gasteiger charge is -2.03. The van der Waals surface area contributed by atoms with E-state index in [0.29, 0.717) is 0 Å². The highest BCUT2D eigenvalue weighted by Crippen LogP contribution is 2.26. The first-order valence-corrected chi connectivity index (χ1v) is 35.2. The van der Waals surface area contributed by atoms with Crippen molar-refractivity contribution in [1.29, 1.82) is 0 Å². The van der Waals surface area contributed by atoms with Gasteiger partial charge in [0, 0.05) is 78.8 Å². The minimum atomic E-state index is -0.194. The number of halogens is 2. The molecule has 0 saturated heterocycles. The van der Waals surface area contributed by atoms with Crippen molar-refractivity contribution in [3.8, 4) is 89.1 Å². The van der Waals surface area contributed by atoms with E-state index in [4.69, 9.17) is 0 Å². The van der Waals surface area contributed by atoms with E-state index in [0.717, 1.165) is 33.6 Å². The summed E-state index contributed by atoms with van der Waals surface area (Å²) < 4.78 is 25.6. The third-order valence-electron chi connectivity index (χ3n) is 16.8. The summed E-state index contributed by atoms with van der Waals surface area (Å²) in [6.45, 7) is 16.6. The molecule has 0 saturated carbocycles. The first-order chi connectivity index (χ1) is 51.7. The van der Waals surface area contributed by atoms with E-state index in [-0.39, 0.29) is 11.6 Å². The van der Waals surface area contributed by atoms with E-state index in [2.05, 4.69) is 235 Å². The van der Waals surface area contributed by atoms with E-state index in [1.807, 2.05) is 179 Å². The van der Waals surface area contributed by atoms with Gasteiger partial charge in [-0.25, -0.2) is 8.78 Å². The van der Waals surface area contributed by atoms with E-state index < -0.39 is 0 Å². The molecule has 16 rings (SSSR count). The third kappa shape index (κ3) is 25.8. The molecule has 16 aromatic rings. The van der Waals surface area contributed by atoms with Crippen LogP contribution in [0.1, 0.15) is 44.6 Å². The Bertz CT molecular complexity index is 4860. The zero-order valence-corrected chi connectivity index (χ0v) is 61.4. The Morgan fingerprint density at radius 2 is 0.547 bits per heavy atom. The van der Waals surface area contributed by atoms with Gasteiger partial charge in [-0.1, -0.05) is 277 Å². The van der Waals surface area contributed by atoms with Crippen LogP contribution in [0.5, 0.6) is 0 Å². The number of aromatic nitrogens is 6. The second-order valence-corrected chi connectivity index (χ2v) is 25.2.